The first-order valence-corrected chi connectivity index (χ1v) is 8.13. The van der Waals surface area contributed by atoms with Gasteiger partial charge in [0, 0.05) is 0 Å². The minimum absolute atomic E-state index is 0.269. The summed E-state index contributed by atoms with van der Waals surface area (Å²) < 4.78 is 28.8. The second kappa shape index (κ2) is 6.55. The van der Waals surface area contributed by atoms with E-state index >= 15 is 0 Å². The molecule has 0 saturated heterocycles. The summed E-state index contributed by atoms with van der Waals surface area (Å²) in [5.74, 6) is 0.345. The molecule has 0 amide bonds. The molecule has 0 aliphatic carbocycles. The molecule has 20 heavy (non-hydrogen) atoms. The minimum atomic E-state index is -3.42. The summed E-state index contributed by atoms with van der Waals surface area (Å²) in [6, 6.07) is 6.68. The van der Waals surface area contributed by atoms with Gasteiger partial charge in [-0.25, -0.2) is 4.98 Å². The van der Waals surface area contributed by atoms with Gasteiger partial charge < -0.3 is 13.5 Å². The van der Waals surface area contributed by atoms with Gasteiger partial charge in [-0.15, -0.1) is 0 Å². The Morgan fingerprint density at radius 2 is 1.95 bits per heavy atom. The lowest BCUT2D eigenvalue weighted by Crippen LogP contribution is -2.11. The van der Waals surface area contributed by atoms with E-state index in [4.69, 9.17) is 25.1 Å². The van der Waals surface area contributed by atoms with Crippen LogP contribution >= 0.6 is 19.2 Å². The molecule has 0 unspecified atom stereocenters. The highest BCUT2D eigenvalue weighted by atomic mass is 35.5. The predicted molar refractivity (Wildman–Crippen MR) is 77.4 cm³/mol. The third-order valence-corrected chi connectivity index (χ3v) is 4.83. The summed E-state index contributed by atoms with van der Waals surface area (Å²) in [6.07, 6.45) is 1.43. The number of aromatic nitrogens is 1. The molecular formula is C13H15ClNO4P. The zero-order chi connectivity index (χ0) is 14.6. The molecule has 2 aromatic rings. The molecule has 2 aromatic heterocycles. The Morgan fingerprint density at radius 1 is 1.25 bits per heavy atom. The third kappa shape index (κ3) is 3.13. The first kappa shape index (κ1) is 15.3. The first-order chi connectivity index (χ1) is 9.60. The molecule has 7 heteroatoms. The van der Waals surface area contributed by atoms with Crippen molar-refractivity contribution in [3.63, 3.8) is 0 Å². The summed E-state index contributed by atoms with van der Waals surface area (Å²) in [5, 5.41) is 0.684. The minimum Gasteiger partial charge on any atom is -0.462 e. The second-order valence-electron chi connectivity index (χ2n) is 3.81. The highest BCUT2D eigenvalue weighted by molar-refractivity contribution is 7.62. The van der Waals surface area contributed by atoms with Gasteiger partial charge in [-0.3, -0.25) is 4.57 Å². The average molecular weight is 316 g/mol. The van der Waals surface area contributed by atoms with Crippen molar-refractivity contribution in [2.75, 3.05) is 13.2 Å². The zero-order valence-corrected chi connectivity index (χ0v) is 12.9. The van der Waals surface area contributed by atoms with Crippen LogP contribution in [0.1, 0.15) is 13.8 Å². The molecule has 0 atom stereocenters. The van der Waals surface area contributed by atoms with E-state index in [0.717, 1.165) is 0 Å². The van der Waals surface area contributed by atoms with Crippen molar-refractivity contribution in [2.24, 2.45) is 0 Å². The van der Waals surface area contributed by atoms with Gasteiger partial charge in [0.15, 0.2) is 5.76 Å². The molecular weight excluding hydrogens is 301 g/mol. The Balaban J connectivity index is 2.49. The van der Waals surface area contributed by atoms with E-state index in [1.54, 1.807) is 38.1 Å². The Hall–Kier alpha value is -1.13. The van der Waals surface area contributed by atoms with Crippen LogP contribution in [0.25, 0.3) is 11.5 Å². The largest absolute Gasteiger partial charge is 0.462 e. The fourth-order valence-electron chi connectivity index (χ4n) is 1.76. The van der Waals surface area contributed by atoms with Crippen LogP contribution in [0.3, 0.4) is 0 Å². The summed E-state index contributed by atoms with van der Waals surface area (Å²) in [4.78, 5) is 4.15. The van der Waals surface area contributed by atoms with Gasteiger partial charge in [-0.2, -0.15) is 0 Å². The summed E-state index contributed by atoms with van der Waals surface area (Å²) in [5.41, 5.74) is 0.483. The molecule has 108 valence electrons. The van der Waals surface area contributed by atoms with Gasteiger partial charge in [0.05, 0.1) is 19.5 Å². The Labute approximate surface area is 122 Å². The quantitative estimate of drug-likeness (QED) is 0.598. The fourth-order valence-corrected chi connectivity index (χ4v) is 3.62. The zero-order valence-electron chi connectivity index (χ0n) is 11.2. The molecule has 0 aliphatic rings. The van der Waals surface area contributed by atoms with Crippen molar-refractivity contribution in [3.05, 3.63) is 35.7 Å². The van der Waals surface area contributed by atoms with Gasteiger partial charge in [0.2, 0.25) is 0 Å². The molecule has 0 spiro atoms. The summed E-state index contributed by atoms with van der Waals surface area (Å²) >= 11 is 5.87. The number of hydrogen-bond acceptors (Lipinski definition) is 5. The maximum atomic E-state index is 12.8. The molecule has 0 aromatic carbocycles. The maximum absolute atomic E-state index is 12.8. The number of nitrogens with zero attached hydrogens (tertiary/aromatic N) is 1. The van der Waals surface area contributed by atoms with Crippen molar-refractivity contribution >= 4 is 24.5 Å². The van der Waals surface area contributed by atoms with Crippen molar-refractivity contribution < 1.29 is 18.0 Å². The Kier molecular flexibility index (Phi) is 5.00. The molecule has 2 rings (SSSR count). The summed E-state index contributed by atoms with van der Waals surface area (Å²) in [7, 11) is -3.42. The Morgan fingerprint density at radius 3 is 2.55 bits per heavy atom. The fraction of sp³-hybridized carbons (Fsp3) is 0.308. The lowest BCUT2D eigenvalue weighted by Gasteiger charge is -2.16. The highest BCUT2D eigenvalue weighted by Crippen LogP contribution is 2.49. The number of furan rings is 1. The third-order valence-electron chi connectivity index (χ3n) is 2.49. The molecule has 5 nitrogen and oxygen atoms in total. The van der Waals surface area contributed by atoms with E-state index in [1.165, 1.54) is 6.26 Å². The predicted octanol–water partition coefficient (Wildman–Crippen LogP) is 3.89. The molecule has 2 heterocycles. The molecule has 0 saturated carbocycles. The van der Waals surface area contributed by atoms with E-state index < -0.39 is 7.60 Å². The molecule has 0 fully saturated rings. The topological polar surface area (TPSA) is 61.6 Å². The maximum Gasteiger partial charge on any atom is 0.365 e. The molecule has 0 radical (unpaired) electrons. The van der Waals surface area contributed by atoms with Crippen molar-refractivity contribution in [2.45, 2.75) is 13.8 Å². The number of pyridine rings is 1. The van der Waals surface area contributed by atoms with Crippen molar-refractivity contribution in [1.82, 2.24) is 4.98 Å². The summed E-state index contributed by atoms with van der Waals surface area (Å²) in [6.45, 7) is 4.04. The number of halogens is 1. The van der Waals surface area contributed by atoms with Crippen LogP contribution < -0.4 is 5.30 Å². The van der Waals surface area contributed by atoms with Crippen LogP contribution in [-0.2, 0) is 13.6 Å². The standard InChI is InChI=1S/C13H15ClNO4P/c1-3-18-20(16,19-4-2)11-8-9-17-13(11)10-6-5-7-12(14)15-10/h5-9H,3-4H2,1-2H3. The van der Waals surface area contributed by atoms with E-state index in [9.17, 15) is 4.57 Å². The van der Waals surface area contributed by atoms with Crippen LogP contribution in [0.15, 0.2) is 34.9 Å². The lowest BCUT2D eigenvalue weighted by atomic mass is 10.3. The SMILES string of the molecule is CCOP(=O)(OCC)c1ccoc1-c1cccc(Cl)n1. The second-order valence-corrected chi connectivity index (χ2v) is 6.19. The van der Waals surface area contributed by atoms with Crippen LogP contribution in [0.5, 0.6) is 0 Å². The lowest BCUT2D eigenvalue weighted by molar-refractivity contribution is 0.230. The smallest absolute Gasteiger partial charge is 0.365 e. The van der Waals surface area contributed by atoms with E-state index in [2.05, 4.69) is 4.98 Å². The van der Waals surface area contributed by atoms with Gasteiger partial charge in [-0.1, -0.05) is 17.7 Å². The van der Waals surface area contributed by atoms with Crippen LogP contribution in [-0.4, -0.2) is 18.2 Å². The number of hydrogen-bond donors (Lipinski definition) is 0. The molecule has 0 bridgehead atoms. The van der Waals surface area contributed by atoms with E-state index in [1.807, 2.05) is 0 Å². The van der Waals surface area contributed by atoms with Crippen LogP contribution in [0, 0.1) is 0 Å². The van der Waals surface area contributed by atoms with E-state index in [0.29, 0.717) is 21.9 Å². The molecule has 0 N–H and O–H groups in total. The average Bonchev–Trinajstić information content (AvgIpc) is 2.89. The van der Waals surface area contributed by atoms with Crippen LogP contribution in [0.4, 0.5) is 0 Å². The van der Waals surface area contributed by atoms with Gasteiger partial charge in [0.1, 0.15) is 16.2 Å². The highest BCUT2D eigenvalue weighted by Gasteiger charge is 2.32. The number of rotatable bonds is 6. The van der Waals surface area contributed by atoms with Gasteiger partial charge >= 0.3 is 7.60 Å². The molecule has 0 aliphatic heterocycles. The first-order valence-electron chi connectivity index (χ1n) is 6.20. The monoisotopic (exact) mass is 315 g/mol. The van der Waals surface area contributed by atoms with Gasteiger partial charge in [-0.05, 0) is 32.0 Å². The van der Waals surface area contributed by atoms with Crippen LogP contribution in [0.2, 0.25) is 5.15 Å². The Bertz CT molecular complexity index is 618. The van der Waals surface area contributed by atoms with Crippen molar-refractivity contribution in [1.29, 1.82) is 0 Å². The van der Waals surface area contributed by atoms with E-state index in [-0.39, 0.29) is 13.2 Å². The van der Waals surface area contributed by atoms with Gasteiger partial charge in [0.25, 0.3) is 0 Å². The normalized spacial score (nSPS) is 11.8. The van der Waals surface area contributed by atoms with Crippen molar-refractivity contribution in [3.8, 4) is 11.5 Å².